The lowest BCUT2D eigenvalue weighted by Crippen LogP contribution is -2.52. The van der Waals surface area contributed by atoms with Crippen LogP contribution in [0, 0.1) is 11.6 Å². The molecule has 1 aliphatic heterocycles. The fourth-order valence-corrected chi connectivity index (χ4v) is 2.15. The summed E-state index contributed by atoms with van der Waals surface area (Å²) in [5, 5.41) is 0. The average molecular weight is 283 g/mol. The van der Waals surface area contributed by atoms with Crippen LogP contribution in [0.4, 0.5) is 8.78 Å². The molecule has 0 radical (unpaired) electrons. The van der Waals surface area contributed by atoms with E-state index in [2.05, 4.69) is 0 Å². The van der Waals surface area contributed by atoms with Crippen LogP contribution in [0.1, 0.15) is 10.4 Å². The van der Waals surface area contributed by atoms with Gasteiger partial charge < -0.3 is 15.5 Å². The van der Waals surface area contributed by atoms with Crippen LogP contribution in [0.3, 0.4) is 0 Å². The first-order valence-corrected chi connectivity index (χ1v) is 6.25. The number of carbonyl (C=O) groups excluding carboxylic acids is 2. The minimum absolute atomic E-state index is 0.0874. The Bertz CT molecular complexity index is 508. The lowest BCUT2D eigenvalue weighted by molar-refractivity contribution is -0.131. The van der Waals surface area contributed by atoms with Crippen molar-refractivity contribution >= 4 is 11.8 Å². The zero-order valence-corrected chi connectivity index (χ0v) is 10.8. The first kappa shape index (κ1) is 14.4. The van der Waals surface area contributed by atoms with Gasteiger partial charge in [0.25, 0.3) is 5.91 Å². The van der Waals surface area contributed by atoms with Crippen molar-refractivity contribution in [3.8, 4) is 0 Å². The fourth-order valence-electron chi connectivity index (χ4n) is 2.15. The maximum absolute atomic E-state index is 13.5. The number of hydrogen-bond donors (Lipinski definition) is 1. The summed E-state index contributed by atoms with van der Waals surface area (Å²) in [6.45, 7) is 1.02. The topological polar surface area (TPSA) is 66.6 Å². The molecule has 1 fully saturated rings. The Balaban J connectivity index is 2.07. The molecule has 0 aromatic heterocycles. The van der Waals surface area contributed by atoms with E-state index in [0.29, 0.717) is 13.1 Å². The van der Waals surface area contributed by atoms with Gasteiger partial charge in [-0.25, -0.2) is 8.78 Å². The third-order valence-electron chi connectivity index (χ3n) is 3.27. The third kappa shape index (κ3) is 2.77. The van der Waals surface area contributed by atoms with E-state index in [1.165, 1.54) is 15.9 Å². The molecule has 1 heterocycles. The largest absolute Gasteiger partial charge is 0.338 e. The summed E-state index contributed by atoms with van der Waals surface area (Å²) >= 11 is 0. The third-order valence-corrected chi connectivity index (χ3v) is 3.27. The second-order valence-corrected chi connectivity index (χ2v) is 4.47. The number of piperazine rings is 1. The van der Waals surface area contributed by atoms with Crippen LogP contribution < -0.4 is 5.73 Å². The monoisotopic (exact) mass is 283 g/mol. The Hall–Kier alpha value is -2.02. The minimum atomic E-state index is -0.879. The second kappa shape index (κ2) is 5.96. The molecule has 2 rings (SSSR count). The summed E-state index contributed by atoms with van der Waals surface area (Å²) in [7, 11) is 0. The molecule has 2 amide bonds. The summed E-state index contributed by atoms with van der Waals surface area (Å²) in [5.74, 6) is -2.65. The predicted octanol–water partition coefficient (Wildman–Crippen LogP) is 0.208. The Morgan fingerprint density at radius 2 is 1.55 bits per heavy atom. The molecule has 0 spiro atoms. The zero-order valence-electron chi connectivity index (χ0n) is 10.8. The zero-order chi connectivity index (χ0) is 14.7. The van der Waals surface area contributed by atoms with E-state index in [1.807, 2.05) is 0 Å². The van der Waals surface area contributed by atoms with E-state index < -0.39 is 23.1 Å². The van der Waals surface area contributed by atoms with Crippen LogP contribution >= 0.6 is 0 Å². The van der Waals surface area contributed by atoms with E-state index in [9.17, 15) is 18.4 Å². The standard InChI is InChI=1S/C13H15F2N3O2/c14-9-2-1-3-10(15)12(9)13(20)18-6-4-17(5-7-18)11(19)8-16/h1-3H,4-8,16H2. The highest BCUT2D eigenvalue weighted by molar-refractivity contribution is 5.95. The van der Waals surface area contributed by atoms with Crippen molar-refractivity contribution in [1.29, 1.82) is 0 Å². The number of carbonyl (C=O) groups is 2. The number of rotatable bonds is 2. The number of nitrogens with zero attached hydrogens (tertiary/aromatic N) is 2. The van der Waals surface area contributed by atoms with E-state index in [-0.39, 0.29) is 25.5 Å². The van der Waals surface area contributed by atoms with Crippen LogP contribution in [0.25, 0.3) is 0 Å². The van der Waals surface area contributed by atoms with Crippen molar-refractivity contribution in [3.63, 3.8) is 0 Å². The summed E-state index contributed by atoms with van der Waals surface area (Å²) in [6, 6.07) is 3.30. The first-order chi connectivity index (χ1) is 9.54. The summed E-state index contributed by atoms with van der Waals surface area (Å²) in [6.07, 6.45) is 0. The molecule has 0 bridgehead atoms. The van der Waals surface area contributed by atoms with Gasteiger partial charge in [0.2, 0.25) is 5.91 Å². The van der Waals surface area contributed by atoms with Gasteiger partial charge in [0.05, 0.1) is 6.54 Å². The predicted molar refractivity (Wildman–Crippen MR) is 67.9 cm³/mol. The molecule has 5 nitrogen and oxygen atoms in total. The van der Waals surface area contributed by atoms with Gasteiger partial charge >= 0.3 is 0 Å². The summed E-state index contributed by atoms with van der Waals surface area (Å²) < 4.78 is 27.1. The smallest absolute Gasteiger partial charge is 0.259 e. The second-order valence-electron chi connectivity index (χ2n) is 4.47. The number of amides is 2. The number of halogens is 2. The molecule has 7 heteroatoms. The SMILES string of the molecule is NCC(=O)N1CCN(C(=O)c2c(F)cccc2F)CC1. The lowest BCUT2D eigenvalue weighted by Gasteiger charge is -2.34. The normalized spacial score (nSPS) is 15.3. The van der Waals surface area contributed by atoms with Crippen LogP contribution in [0.15, 0.2) is 18.2 Å². The minimum Gasteiger partial charge on any atom is -0.338 e. The lowest BCUT2D eigenvalue weighted by atomic mass is 10.1. The molecule has 1 aliphatic rings. The Kier molecular flexibility index (Phi) is 4.29. The van der Waals surface area contributed by atoms with Gasteiger partial charge in [-0.3, -0.25) is 9.59 Å². The Morgan fingerprint density at radius 3 is 2.05 bits per heavy atom. The van der Waals surface area contributed by atoms with E-state index in [4.69, 9.17) is 5.73 Å². The van der Waals surface area contributed by atoms with Crippen molar-refractivity contribution in [2.24, 2.45) is 5.73 Å². The average Bonchev–Trinajstić information content (AvgIpc) is 2.46. The van der Waals surface area contributed by atoms with Crippen molar-refractivity contribution in [2.45, 2.75) is 0 Å². The quantitative estimate of drug-likeness (QED) is 0.843. The van der Waals surface area contributed by atoms with Gasteiger partial charge in [0.15, 0.2) is 0 Å². The van der Waals surface area contributed by atoms with Gasteiger partial charge in [0, 0.05) is 26.2 Å². The molecule has 0 unspecified atom stereocenters. The molecular weight excluding hydrogens is 268 g/mol. The molecule has 1 aromatic rings. The van der Waals surface area contributed by atoms with Crippen molar-refractivity contribution in [1.82, 2.24) is 9.80 Å². The van der Waals surface area contributed by atoms with Crippen LogP contribution in [0.5, 0.6) is 0 Å². The maximum atomic E-state index is 13.5. The Labute approximate surface area is 114 Å². The fraction of sp³-hybridized carbons (Fsp3) is 0.385. The molecule has 1 saturated heterocycles. The van der Waals surface area contributed by atoms with Crippen molar-refractivity contribution in [2.75, 3.05) is 32.7 Å². The summed E-state index contributed by atoms with van der Waals surface area (Å²) in [5.41, 5.74) is 4.71. The van der Waals surface area contributed by atoms with Gasteiger partial charge in [-0.1, -0.05) is 6.07 Å². The molecule has 0 atom stereocenters. The van der Waals surface area contributed by atoms with Crippen molar-refractivity contribution < 1.29 is 18.4 Å². The van der Waals surface area contributed by atoms with E-state index in [1.54, 1.807) is 0 Å². The number of hydrogen-bond acceptors (Lipinski definition) is 3. The van der Waals surface area contributed by atoms with Gasteiger partial charge in [0.1, 0.15) is 17.2 Å². The molecule has 0 aliphatic carbocycles. The number of nitrogens with two attached hydrogens (primary N) is 1. The first-order valence-electron chi connectivity index (χ1n) is 6.25. The van der Waals surface area contributed by atoms with E-state index >= 15 is 0 Å². The van der Waals surface area contributed by atoms with Crippen LogP contribution in [-0.2, 0) is 4.79 Å². The van der Waals surface area contributed by atoms with Gasteiger partial charge in [-0.15, -0.1) is 0 Å². The highest BCUT2D eigenvalue weighted by Crippen LogP contribution is 2.16. The highest BCUT2D eigenvalue weighted by Gasteiger charge is 2.27. The number of benzene rings is 1. The summed E-state index contributed by atoms with van der Waals surface area (Å²) in [4.78, 5) is 26.4. The Morgan fingerprint density at radius 1 is 1.05 bits per heavy atom. The maximum Gasteiger partial charge on any atom is 0.259 e. The van der Waals surface area contributed by atoms with E-state index in [0.717, 1.165) is 12.1 Å². The van der Waals surface area contributed by atoms with Crippen LogP contribution in [-0.4, -0.2) is 54.3 Å². The molecule has 2 N–H and O–H groups in total. The molecule has 20 heavy (non-hydrogen) atoms. The van der Waals surface area contributed by atoms with Gasteiger partial charge in [-0.2, -0.15) is 0 Å². The van der Waals surface area contributed by atoms with Crippen LogP contribution in [0.2, 0.25) is 0 Å². The van der Waals surface area contributed by atoms with Gasteiger partial charge in [-0.05, 0) is 12.1 Å². The molecule has 0 saturated carbocycles. The molecular formula is C13H15F2N3O2. The highest BCUT2D eigenvalue weighted by atomic mass is 19.1. The van der Waals surface area contributed by atoms with Crippen molar-refractivity contribution in [3.05, 3.63) is 35.4 Å². The molecule has 1 aromatic carbocycles. The molecule has 108 valence electrons.